The van der Waals surface area contributed by atoms with Crippen LogP contribution in [0.25, 0.3) is 11.0 Å². The van der Waals surface area contributed by atoms with E-state index in [0.717, 1.165) is 53.6 Å². The number of amides is 1. The minimum atomic E-state index is -0.864. The van der Waals surface area contributed by atoms with Crippen LogP contribution in [0.4, 0.5) is 0 Å². The number of benzene rings is 2. The van der Waals surface area contributed by atoms with Gasteiger partial charge < -0.3 is 25.0 Å². The lowest BCUT2D eigenvalue weighted by atomic mass is 9.72. The van der Waals surface area contributed by atoms with Crippen LogP contribution in [0.15, 0.2) is 73.1 Å². The minimum absolute atomic E-state index is 0.0470. The number of hydrogen-bond donors (Lipinski definition) is 3. The molecule has 1 saturated carbocycles. The first-order chi connectivity index (χ1) is 20.4. The molecule has 0 unspecified atom stereocenters. The Kier molecular flexibility index (Phi) is 7.96. The standard InChI is InChI=1S/C34H37N5O3/c1-2-23-9-10-31-27(17-23)29(19-34(42-31)12-5-13-34)37-21-30(40)28(18-24-6-3-7-25(16-24)20-35)38-32(41)22-39-15-11-26-8-4-14-36-33(26)39/h3-4,6-11,14-17,28-30,37,40H,2,5,12-13,18-19,21-22H2,1H3,(H,38,41)/t28-,29-,30+/m0/s1. The van der Waals surface area contributed by atoms with Crippen LogP contribution in [0, 0.1) is 11.3 Å². The summed E-state index contributed by atoms with van der Waals surface area (Å²) in [6.07, 6.45) is 8.14. The number of aliphatic hydroxyl groups excluding tert-OH is 1. The third-order valence-electron chi connectivity index (χ3n) is 8.76. The summed E-state index contributed by atoms with van der Waals surface area (Å²) in [7, 11) is 0. The van der Waals surface area contributed by atoms with Crippen LogP contribution in [0.5, 0.6) is 5.75 Å². The molecular formula is C34H37N5O3. The number of aryl methyl sites for hydroxylation is 1. The van der Waals surface area contributed by atoms with Crippen LogP contribution < -0.4 is 15.4 Å². The summed E-state index contributed by atoms with van der Waals surface area (Å²) in [5.74, 6) is 0.715. The molecule has 1 aliphatic carbocycles. The third-order valence-corrected chi connectivity index (χ3v) is 8.76. The number of fused-ring (bicyclic) bond motifs is 2. The van der Waals surface area contributed by atoms with E-state index in [2.05, 4.69) is 46.8 Å². The van der Waals surface area contributed by atoms with E-state index in [4.69, 9.17) is 4.74 Å². The third kappa shape index (κ3) is 5.89. The molecule has 0 saturated heterocycles. The Morgan fingerprint density at radius 1 is 1.19 bits per heavy atom. The lowest BCUT2D eigenvalue weighted by Gasteiger charge is -2.48. The molecule has 1 aliphatic heterocycles. The molecule has 3 atom stereocenters. The average Bonchev–Trinajstić information content (AvgIpc) is 3.40. The quantitative estimate of drug-likeness (QED) is 0.260. The molecule has 4 aromatic rings. The fraction of sp³-hybridized carbons (Fsp3) is 0.382. The number of nitrogens with one attached hydrogen (secondary N) is 2. The van der Waals surface area contributed by atoms with Gasteiger partial charge in [0.1, 0.15) is 23.5 Å². The number of carbonyl (C=O) groups excluding carboxylic acids is 1. The molecule has 8 nitrogen and oxygen atoms in total. The fourth-order valence-corrected chi connectivity index (χ4v) is 6.26. The van der Waals surface area contributed by atoms with Crippen LogP contribution in [-0.4, -0.2) is 44.9 Å². The molecule has 6 rings (SSSR count). The van der Waals surface area contributed by atoms with Crippen LogP contribution in [-0.2, 0) is 24.2 Å². The van der Waals surface area contributed by atoms with Crippen molar-refractivity contribution in [2.24, 2.45) is 0 Å². The van der Waals surface area contributed by atoms with Gasteiger partial charge in [-0.1, -0.05) is 31.2 Å². The van der Waals surface area contributed by atoms with Gasteiger partial charge in [0, 0.05) is 42.4 Å². The molecule has 3 N–H and O–H groups in total. The molecule has 0 radical (unpaired) electrons. The highest BCUT2D eigenvalue weighted by Crippen LogP contribution is 2.49. The maximum absolute atomic E-state index is 13.3. The van der Waals surface area contributed by atoms with Gasteiger partial charge in [0.15, 0.2) is 0 Å². The van der Waals surface area contributed by atoms with Crippen molar-refractivity contribution >= 4 is 16.9 Å². The van der Waals surface area contributed by atoms with Gasteiger partial charge in [0.25, 0.3) is 0 Å². The largest absolute Gasteiger partial charge is 0.487 e. The van der Waals surface area contributed by atoms with Crippen molar-refractivity contribution in [3.05, 3.63) is 95.3 Å². The summed E-state index contributed by atoms with van der Waals surface area (Å²) in [6, 6.07) is 21.2. The number of carbonyl (C=O) groups is 1. The van der Waals surface area contributed by atoms with Crippen molar-refractivity contribution in [3.8, 4) is 11.8 Å². The number of nitriles is 1. The average molecular weight is 564 g/mol. The van der Waals surface area contributed by atoms with E-state index in [1.165, 1.54) is 12.0 Å². The summed E-state index contributed by atoms with van der Waals surface area (Å²) < 4.78 is 8.29. The minimum Gasteiger partial charge on any atom is -0.487 e. The predicted molar refractivity (Wildman–Crippen MR) is 161 cm³/mol. The molecule has 216 valence electrons. The van der Waals surface area contributed by atoms with Crippen LogP contribution in [0.3, 0.4) is 0 Å². The normalized spacial score (nSPS) is 18.4. The van der Waals surface area contributed by atoms with Gasteiger partial charge in [-0.3, -0.25) is 4.79 Å². The first-order valence-corrected chi connectivity index (χ1v) is 14.9. The number of pyridine rings is 1. The maximum atomic E-state index is 13.3. The molecule has 3 heterocycles. The molecule has 2 aromatic heterocycles. The molecule has 42 heavy (non-hydrogen) atoms. The Bertz CT molecular complexity index is 1620. The molecule has 1 spiro atoms. The zero-order chi connectivity index (χ0) is 29.1. The lowest BCUT2D eigenvalue weighted by Crippen LogP contribution is -2.52. The van der Waals surface area contributed by atoms with Crippen molar-refractivity contribution in [3.63, 3.8) is 0 Å². The second-order valence-electron chi connectivity index (χ2n) is 11.6. The van der Waals surface area contributed by atoms with Crippen molar-refractivity contribution in [1.82, 2.24) is 20.2 Å². The van der Waals surface area contributed by atoms with Crippen LogP contribution >= 0.6 is 0 Å². The van der Waals surface area contributed by atoms with Crippen molar-refractivity contribution in [2.75, 3.05) is 6.54 Å². The predicted octanol–water partition coefficient (Wildman–Crippen LogP) is 4.59. The molecule has 1 fully saturated rings. The van der Waals surface area contributed by atoms with Crippen molar-refractivity contribution in [2.45, 2.75) is 75.8 Å². The highest BCUT2D eigenvalue weighted by Gasteiger charge is 2.45. The second kappa shape index (κ2) is 12.0. The Hall–Kier alpha value is -4.19. The van der Waals surface area contributed by atoms with Crippen molar-refractivity contribution < 1.29 is 14.6 Å². The Morgan fingerprint density at radius 3 is 2.86 bits per heavy atom. The SMILES string of the molecule is CCc1ccc2c(c1)[C@@H](NC[C@@H](O)[C@H](Cc1cccc(C#N)c1)NC(=O)Cn1ccc3cccnc31)CC1(CCC1)O2. The Balaban J connectivity index is 1.19. The molecular weight excluding hydrogens is 526 g/mol. The van der Waals surface area contributed by atoms with Crippen molar-refractivity contribution in [1.29, 1.82) is 5.26 Å². The van der Waals surface area contributed by atoms with E-state index in [1.54, 1.807) is 12.3 Å². The van der Waals surface area contributed by atoms with E-state index >= 15 is 0 Å². The van der Waals surface area contributed by atoms with Gasteiger partial charge >= 0.3 is 0 Å². The fourth-order valence-electron chi connectivity index (χ4n) is 6.26. The van der Waals surface area contributed by atoms with Gasteiger partial charge in [0.2, 0.25) is 5.91 Å². The Labute approximate surface area is 246 Å². The maximum Gasteiger partial charge on any atom is 0.240 e. The number of nitrogens with zero attached hydrogens (tertiary/aromatic N) is 3. The number of aliphatic hydroxyl groups is 1. The zero-order valence-electron chi connectivity index (χ0n) is 23.9. The lowest BCUT2D eigenvalue weighted by molar-refractivity contribution is -0.123. The summed E-state index contributed by atoms with van der Waals surface area (Å²) >= 11 is 0. The van der Waals surface area contributed by atoms with E-state index in [-0.39, 0.29) is 24.1 Å². The van der Waals surface area contributed by atoms with Gasteiger partial charge in [-0.2, -0.15) is 5.26 Å². The summed E-state index contributed by atoms with van der Waals surface area (Å²) in [5.41, 5.74) is 4.41. The number of ether oxygens (including phenoxy) is 1. The highest BCUT2D eigenvalue weighted by atomic mass is 16.5. The van der Waals surface area contributed by atoms with Gasteiger partial charge in [-0.05, 0) is 79.6 Å². The topological polar surface area (TPSA) is 112 Å². The van der Waals surface area contributed by atoms with E-state index < -0.39 is 12.1 Å². The number of rotatable bonds is 10. The monoisotopic (exact) mass is 563 g/mol. The summed E-state index contributed by atoms with van der Waals surface area (Å²) in [4.78, 5) is 17.7. The van der Waals surface area contributed by atoms with Gasteiger partial charge in [0.05, 0.1) is 23.8 Å². The first-order valence-electron chi connectivity index (χ1n) is 14.9. The van der Waals surface area contributed by atoms with Gasteiger partial charge in [-0.25, -0.2) is 4.98 Å². The molecule has 2 aliphatic rings. The van der Waals surface area contributed by atoms with E-state index in [1.807, 2.05) is 47.2 Å². The zero-order valence-corrected chi connectivity index (χ0v) is 23.9. The number of hydrogen-bond acceptors (Lipinski definition) is 6. The molecule has 1 amide bonds. The van der Waals surface area contributed by atoms with Crippen LogP contribution in [0.1, 0.15) is 60.9 Å². The Morgan fingerprint density at radius 2 is 2.07 bits per heavy atom. The second-order valence-corrected chi connectivity index (χ2v) is 11.6. The first kappa shape index (κ1) is 28.0. The smallest absolute Gasteiger partial charge is 0.240 e. The van der Waals surface area contributed by atoms with E-state index in [0.29, 0.717) is 18.5 Å². The van der Waals surface area contributed by atoms with Gasteiger partial charge in [-0.15, -0.1) is 0 Å². The highest BCUT2D eigenvalue weighted by molar-refractivity contribution is 5.81. The molecule has 8 heteroatoms. The number of aromatic nitrogens is 2. The molecule has 0 bridgehead atoms. The van der Waals surface area contributed by atoms with Crippen LogP contribution in [0.2, 0.25) is 0 Å². The summed E-state index contributed by atoms with van der Waals surface area (Å²) in [6.45, 7) is 2.53. The summed E-state index contributed by atoms with van der Waals surface area (Å²) in [5, 5.41) is 28.6. The molecule has 2 aromatic carbocycles. The van der Waals surface area contributed by atoms with E-state index in [9.17, 15) is 15.2 Å².